The lowest BCUT2D eigenvalue weighted by Crippen LogP contribution is -2.38. The minimum atomic E-state index is -0.739. The maximum absolute atomic E-state index is 13.4. The van der Waals surface area contributed by atoms with E-state index in [1.807, 2.05) is 24.3 Å². The highest BCUT2D eigenvalue weighted by atomic mass is 79.9. The Morgan fingerprint density at radius 2 is 1.74 bits per heavy atom. The van der Waals surface area contributed by atoms with E-state index in [0.717, 1.165) is 10.9 Å². The number of imide groups is 1. The van der Waals surface area contributed by atoms with Crippen molar-refractivity contribution in [2.75, 3.05) is 5.32 Å². The van der Waals surface area contributed by atoms with Crippen LogP contribution in [0, 0.1) is 40.7 Å². The molecule has 174 valence electrons. The monoisotopic (exact) mass is 523 g/mol. The van der Waals surface area contributed by atoms with Gasteiger partial charge in [-0.15, -0.1) is 0 Å². The number of allylic oxidation sites excluding steroid dienone is 2. The van der Waals surface area contributed by atoms with Gasteiger partial charge in [-0.25, -0.2) is 0 Å². The summed E-state index contributed by atoms with van der Waals surface area (Å²) in [5.74, 6) is -1.33. The molecule has 0 spiro atoms. The summed E-state index contributed by atoms with van der Waals surface area (Å²) in [5.41, 5.74) is 1.63. The second kappa shape index (κ2) is 8.47. The number of fused-ring (bicyclic) bond motifs is 5. The fourth-order valence-corrected chi connectivity index (χ4v) is 5.82. The van der Waals surface area contributed by atoms with E-state index in [4.69, 9.17) is 0 Å². The quantitative estimate of drug-likeness (QED) is 0.258. The van der Waals surface area contributed by atoms with Gasteiger partial charge in [0.25, 0.3) is 5.69 Å². The second-order valence-electron chi connectivity index (χ2n) is 9.12. The number of rotatable bonds is 6. The molecule has 5 unspecified atom stereocenters. The lowest BCUT2D eigenvalue weighted by Gasteiger charge is -2.28. The Labute approximate surface area is 204 Å². The number of hydrogen-bond acceptors (Lipinski definition) is 5. The van der Waals surface area contributed by atoms with E-state index in [0.29, 0.717) is 16.8 Å². The molecular formula is C25H22BrN3O5. The molecule has 2 aliphatic carbocycles. The summed E-state index contributed by atoms with van der Waals surface area (Å²) in [4.78, 5) is 51.7. The van der Waals surface area contributed by atoms with Crippen molar-refractivity contribution in [3.63, 3.8) is 0 Å². The predicted molar refractivity (Wildman–Crippen MR) is 128 cm³/mol. The van der Waals surface area contributed by atoms with Crippen LogP contribution in [0.5, 0.6) is 0 Å². The van der Waals surface area contributed by atoms with E-state index in [-0.39, 0.29) is 53.5 Å². The van der Waals surface area contributed by atoms with E-state index < -0.39 is 11.0 Å². The Morgan fingerprint density at radius 3 is 2.29 bits per heavy atom. The van der Waals surface area contributed by atoms with E-state index in [2.05, 4.69) is 21.2 Å². The number of non-ortho nitro benzene ring substituents is 1. The van der Waals surface area contributed by atoms with Gasteiger partial charge in [-0.3, -0.25) is 29.4 Å². The topological polar surface area (TPSA) is 110 Å². The van der Waals surface area contributed by atoms with Crippen LogP contribution < -0.4 is 5.32 Å². The maximum atomic E-state index is 13.4. The average molecular weight is 524 g/mol. The Hall–Kier alpha value is -3.33. The second-order valence-corrected chi connectivity index (χ2v) is 10.0. The normalized spacial score (nSPS) is 25.5. The third-order valence-electron chi connectivity index (χ3n) is 7.14. The van der Waals surface area contributed by atoms with Crippen molar-refractivity contribution >= 4 is 45.0 Å². The van der Waals surface area contributed by atoms with Crippen LogP contribution in [0.25, 0.3) is 0 Å². The molecule has 1 saturated carbocycles. The van der Waals surface area contributed by atoms with Gasteiger partial charge in [0.1, 0.15) is 0 Å². The van der Waals surface area contributed by atoms with Gasteiger partial charge >= 0.3 is 0 Å². The fraction of sp³-hybridized carbons (Fsp3) is 0.320. The van der Waals surface area contributed by atoms with Crippen LogP contribution in [0.1, 0.15) is 30.0 Å². The summed E-state index contributed by atoms with van der Waals surface area (Å²) in [5, 5.41) is 13.8. The molecule has 5 rings (SSSR count). The summed E-state index contributed by atoms with van der Waals surface area (Å²) in [6, 6.07) is 10.7. The Morgan fingerprint density at radius 1 is 1.12 bits per heavy atom. The van der Waals surface area contributed by atoms with Crippen LogP contribution >= 0.6 is 15.9 Å². The summed E-state index contributed by atoms with van der Waals surface area (Å²) < 4.78 is 0.846. The molecule has 0 aromatic heterocycles. The highest BCUT2D eigenvalue weighted by Crippen LogP contribution is 2.54. The molecule has 1 N–H and O–H groups in total. The summed E-state index contributed by atoms with van der Waals surface area (Å²) in [6.07, 6.45) is 4.81. The van der Waals surface area contributed by atoms with Gasteiger partial charge < -0.3 is 5.32 Å². The summed E-state index contributed by atoms with van der Waals surface area (Å²) in [7, 11) is 0. The highest BCUT2D eigenvalue weighted by Gasteiger charge is 2.60. The number of nitro groups is 1. The first-order chi connectivity index (χ1) is 16.2. The lowest BCUT2D eigenvalue weighted by molar-refractivity contribution is -0.384. The van der Waals surface area contributed by atoms with Gasteiger partial charge in [-0.2, -0.15) is 0 Å². The number of nitrogens with one attached hydrogen (secondary N) is 1. The minimum Gasteiger partial charge on any atom is -0.326 e. The molecule has 1 saturated heterocycles. The van der Waals surface area contributed by atoms with Crippen LogP contribution in [0.3, 0.4) is 0 Å². The van der Waals surface area contributed by atoms with E-state index in [9.17, 15) is 24.5 Å². The van der Waals surface area contributed by atoms with Gasteiger partial charge in [-0.05, 0) is 54.5 Å². The van der Waals surface area contributed by atoms with Crippen molar-refractivity contribution in [3.8, 4) is 0 Å². The zero-order valence-corrected chi connectivity index (χ0v) is 19.9. The lowest BCUT2D eigenvalue weighted by atomic mass is 9.85. The van der Waals surface area contributed by atoms with E-state index in [1.165, 1.54) is 23.1 Å². The van der Waals surface area contributed by atoms with Gasteiger partial charge in [-0.1, -0.05) is 40.2 Å². The first-order valence-electron chi connectivity index (χ1n) is 11.1. The van der Waals surface area contributed by atoms with Crippen LogP contribution in [-0.2, 0) is 14.4 Å². The number of hydrogen-bond donors (Lipinski definition) is 1. The van der Waals surface area contributed by atoms with Crippen molar-refractivity contribution in [1.82, 2.24) is 4.90 Å². The molecule has 34 heavy (non-hydrogen) atoms. The van der Waals surface area contributed by atoms with E-state index >= 15 is 0 Å². The third-order valence-corrected chi connectivity index (χ3v) is 7.67. The van der Waals surface area contributed by atoms with Crippen molar-refractivity contribution in [1.29, 1.82) is 0 Å². The molecule has 1 heterocycles. The zero-order chi connectivity index (χ0) is 24.1. The molecule has 3 amide bonds. The summed E-state index contributed by atoms with van der Waals surface area (Å²) in [6.45, 7) is 1.67. The van der Waals surface area contributed by atoms with Gasteiger partial charge in [0.2, 0.25) is 17.7 Å². The van der Waals surface area contributed by atoms with Crippen molar-refractivity contribution < 1.29 is 19.3 Å². The number of carbonyl (C=O) groups is 3. The van der Waals surface area contributed by atoms with Gasteiger partial charge in [0.15, 0.2) is 0 Å². The van der Waals surface area contributed by atoms with Crippen LogP contribution in [0.4, 0.5) is 11.4 Å². The average Bonchev–Trinajstić information content (AvgIpc) is 3.48. The number of likely N-dealkylation sites (tertiary alicyclic amines) is 1. The molecule has 1 aliphatic heterocycles. The minimum absolute atomic E-state index is 0.0636. The molecule has 8 nitrogen and oxygen atoms in total. The SMILES string of the molecule is Cc1cc([N+](=O)[O-])ccc1NC(=O)CC(c1ccc(Br)cc1)N1C(=O)C2C3C=CC(C3)C2C1=O. The largest absolute Gasteiger partial charge is 0.326 e. The van der Waals surface area contributed by atoms with Crippen molar-refractivity contribution in [2.45, 2.75) is 25.8 Å². The zero-order valence-electron chi connectivity index (χ0n) is 18.3. The standard InChI is InChI=1S/C25H22BrN3O5/c1-13-10-18(29(33)34)8-9-19(13)27-21(30)12-20(14-4-6-17(26)7-5-14)28-24(31)22-15-2-3-16(11-15)23(22)25(28)32/h2-10,15-16,20,22-23H,11-12H2,1H3,(H,27,30). The molecule has 2 fully saturated rings. The number of nitrogens with zero attached hydrogens (tertiary/aromatic N) is 2. The van der Waals surface area contributed by atoms with Crippen molar-refractivity contribution in [3.05, 3.63) is 80.3 Å². The Balaban J connectivity index is 1.42. The first-order valence-corrected chi connectivity index (χ1v) is 11.9. The van der Waals surface area contributed by atoms with Crippen LogP contribution in [0.2, 0.25) is 0 Å². The molecule has 0 radical (unpaired) electrons. The molecule has 9 heteroatoms. The number of aryl methyl sites for hydroxylation is 1. The molecule has 2 bridgehead atoms. The number of halogens is 1. The number of carbonyl (C=O) groups excluding carboxylic acids is 3. The first kappa shape index (κ1) is 22.5. The van der Waals surface area contributed by atoms with Gasteiger partial charge in [0, 0.05) is 22.3 Å². The number of anilines is 1. The van der Waals surface area contributed by atoms with Crippen LogP contribution in [-0.4, -0.2) is 27.5 Å². The third kappa shape index (κ3) is 3.73. The molecule has 5 atom stereocenters. The molecular weight excluding hydrogens is 502 g/mol. The highest BCUT2D eigenvalue weighted by molar-refractivity contribution is 9.10. The molecule has 3 aliphatic rings. The predicted octanol–water partition coefficient (Wildman–Crippen LogP) is 4.54. The number of amides is 3. The number of nitro benzene ring substituents is 1. The Kier molecular flexibility index (Phi) is 5.59. The summed E-state index contributed by atoms with van der Waals surface area (Å²) >= 11 is 3.40. The molecule has 2 aromatic rings. The number of benzene rings is 2. The van der Waals surface area contributed by atoms with Crippen molar-refractivity contribution in [2.24, 2.45) is 23.7 Å². The van der Waals surface area contributed by atoms with Crippen LogP contribution in [0.15, 0.2) is 59.1 Å². The fourth-order valence-electron chi connectivity index (χ4n) is 5.55. The smallest absolute Gasteiger partial charge is 0.269 e. The van der Waals surface area contributed by atoms with Gasteiger partial charge in [0.05, 0.1) is 29.2 Å². The maximum Gasteiger partial charge on any atom is 0.269 e. The molecule has 2 aromatic carbocycles. The van der Waals surface area contributed by atoms with E-state index in [1.54, 1.807) is 19.1 Å². The Bertz CT molecular complexity index is 1210.